The molecular formula is C14H19N5. The van der Waals surface area contributed by atoms with E-state index >= 15 is 0 Å². The van der Waals surface area contributed by atoms with Gasteiger partial charge in [-0.05, 0) is 37.5 Å². The Morgan fingerprint density at radius 1 is 1.32 bits per heavy atom. The first-order valence-corrected chi connectivity index (χ1v) is 6.64. The van der Waals surface area contributed by atoms with Crippen LogP contribution in [-0.2, 0) is 20.0 Å². The number of fused-ring (bicyclic) bond motifs is 1. The Morgan fingerprint density at radius 3 is 2.89 bits per heavy atom. The topological polar surface area (TPSA) is 60.0 Å². The van der Waals surface area contributed by atoms with Crippen LogP contribution in [0.5, 0.6) is 0 Å². The highest BCUT2D eigenvalue weighted by Crippen LogP contribution is 2.31. The molecule has 1 aliphatic heterocycles. The second-order valence-corrected chi connectivity index (χ2v) is 5.09. The molecule has 2 aromatic rings. The highest BCUT2D eigenvalue weighted by molar-refractivity contribution is 5.66. The van der Waals surface area contributed by atoms with Gasteiger partial charge in [-0.3, -0.25) is 0 Å². The summed E-state index contributed by atoms with van der Waals surface area (Å²) in [5.41, 5.74) is 9.48. The highest BCUT2D eigenvalue weighted by Gasteiger charge is 2.20. The van der Waals surface area contributed by atoms with Crippen molar-refractivity contribution in [1.29, 1.82) is 0 Å². The lowest BCUT2D eigenvalue weighted by molar-refractivity contribution is 0.654. The minimum absolute atomic E-state index is 0.786. The molecule has 0 amide bonds. The fraction of sp³-hybridized carbons (Fsp3) is 0.429. The number of nitrogens with zero attached hydrogens (tertiary/aromatic N) is 4. The maximum atomic E-state index is 6.07. The third kappa shape index (κ3) is 2.05. The molecule has 0 aliphatic carbocycles. The fourth-order valence-electron chi connectivity index (χ4n) is 2.65. The summed E-state index contributed by atoms with van der Waals surface area (Å²) in [6.45, 7) is 3.80. The smallest absolute Gasteiger partial charge is 0.152 e. The van der Waals surface area contributed by atoms with Crippen LogP contribution in [-0.4, -0.2) is 21.3 Å². The lowest BCUT2D eigenvalue weighted by atomic mass is 10.00. The minimum Gasteiger partial charge on any atom is -0.398 e. The summed E-state index contributed by atoms with van der Waals surface area (Å²) in [4.78, 5) is 2.35. The van der Waals surface area contributed by atoms with Gasteiger partial charge in [-0.1, -0.05) is 6.07 Å². The number of aryl methyl sites for hydroxylation is 1. The molecule has 0 unspecified atom stereocenters. The maximum absolute atomic E-state index is 6.07. The summed E-state index contributed by atoms with van der Waals surface area (Å²) < 4.78 is 2.04. The van der Waals surface area contributed by atoms with Crippen LogP contribution in [0.4, 0.5) is 11.4 Å². The Morgan fingerprint density at radius 2 is 2.16 bits per heavy atom. The van der Waals surface area contributed by atoms with Crippen LogP contribution in [0.1, 0.15) is 23.6 Å². The monoisotopic (exact) mass is 257 g/mol. The molecule has 5 heteroatoms. The number of aromatic nitrogens is 3. The van der Waals surface area contributed by atoms with Crippen molar-refractivity contribution in [1.82, 2.24) is 14.8 Å². The van der Waals surface area contributed by atoms with Crippen molar-refractivity contribution in [2.75, 3.05) is 17.2 Å². The van der Waals surface area contributed by atoms with Crippen LogP contribution in [0.2, 0.25) is 0 Å². The quantitative estimate of drug-likeness (QED) is 0.831. The second-order valence-electron chi connectivity index (χ2n) is 5.09. The average Bonchev–Trinajstić information content (AvgIpc) is 2.72. The standard InChI is InChI=1S/C14H19N5/c1-10-16-17-14(18(10)2)9-19-8-4-5-11-12(15)6-3-7-13(11)19/h3,6-7H,4-5,8-9,15H2,1-2H3. The second kappa shape index (κ2) is 4.57. The number of benzene rings is 1. The van der Waals surface area contributed by atoms with E-state index in [9.17, 15) is 0 Å². The van der Waals surface area contributed by atoms with Gasteiger partial charge in [-0.2, -0.15) is 0 Å². The molecule has 0 spiro atoms. The Hall–Kier alpha value is -2.04. The Labute approximate surface area is 113 Å². The first kappa shape index (κ1) is 12.0. The number of hydrogen-bond donors (Lipinski definition) is 1. The average molecular weight is 257 g/mol. The summed E-state index contributed by atoms with van der Waals surface area (Å²) in [7, 11) is 2.01. The van der Waals surface area contributed by atoms with Crippen molar-refractivity contribution in [3.05, 3.63) is 35.4 Å². The molecule has 1 aromatic heterocycles. The van der Waals surface area contributed by atoms with E-state index in [4.69, 9.17) is 5.73 Å². The predicted molar refractivity (Wildman–Crippen MR) is 76.0 cm³/mol. The van der Waals surface area contributed by atoms with Gasteiger partial charge in [0.2, 0.25) is 0 Å². The van der Waals surface area contributed by atoms with E-state index in [2.05, 4.69) is 21.2 Å². The molecule has 0 saturated heterocycles. The van der Waals surface area contributed by atoms with Gasteiger partial charge in [0.15, 0.2) is 5.82 Å². The molecule has 1 aliphatic rings. The molecule has 100 valence electrons. The summed E-state index contributed by atoms with van der Waals surface area (Å²) in [5.74, 6) is 1.94. The van der Waals surface area contributed by atoms with Gasteiger partial charge in [0.1, 0.15) is 5.82 Å². The molecule has 0 saturated carbocycles. The third-order valence-corrected chi connectivity index (χ3v) is 3.90. The van der Waals surface area contributed by atoms with Crippen LogP contribution >= 0.6 is 0 Å². The molecule has 0 bridgehead atoms. The van der Waals surface area contributed by atoms with Gasteiger partial charge in [0, 0.05) is 25.0 Å². The zero-order valence-corrected chi connectivity index (χ0v) is 11.4. The lowest BCUT2D eigenvalue weighted by Crippen LogP contribution is -2.30. The van der Waals surface area contributed by atoms with E-state index in [-0.39, 0.29) is 0 Å². The Balaban J connectivity index is 1.92. The molecule has 5 nitrogen and oxygen atoms in total. The van der Waals surface area contributed by atoms with Crippen LogP contribution in [0.3, 0.4) is 0 Å². The number of rotatable bonds is 2. The zero-order chi connectivity index (χ0) is 13.4. The summed E-state index contributed by atoms with van der Waals surface area (Å²) in [5, 5.41) is 8.36. The van der Waals surface area contributed by atoms with Crippen LogP contribution in [0, 0.1) is 6.92 Å². The first-order chi connectivity index (χ1) is 9.16. The fourth-order valence-corrected chi connectivity index (χ4v) is 2.65. The number of nitrogen functional groups attached to an aromatic ring is 1. The van der Waals surface area contributed by atoms with E-state index in [1.54, 1.807) is 0 Å². The van der Waals surface area contributed by atoms with E-state index in [1.165, 1.54) is 11.3 Å². The van der Waals surface area contributed by atoms with Gasteiger partial charge in [-0.25, -0.2) is 0 Å². The molecule has 2 heterocycles. The Bertz CT molecular complexity index is 602. The van der Waals surface area contributed by atoms with E-state index in [0.717, 1.165) is 43.3 Å². The van der Waals surface area contributed by atoms with Crippen molar-refractivity contribution < 1.29 is 0 Å². The third-order valence-electron chi connectivity index (χ3n) is 3.90. The van der Waals surface area contributed by atoms with Gasteiger partial charge < -0.3 is 15.2 Å². The summed E-state index contributed by atoms with van der Waals surface area (Å²) >= 11 is 0. The minimum atomic E-state index is 0.786. The molecule has 0 radical (unpaired) electrons. The molecule has 19 heavy (non-hydrogen) atoms. The maximum Gasteiger partial charge on any atom is 0.152 e. The van der Waals surface area contributed by atoms with Gasteiger partial charge >= 0.3 is 0 Å². The normalized spacial score (nSPS) is 14.5. The molecule has 2 N–H and O–H groups in total. The van der Waals surface area contributed by atoms with Gasteiger partial charge in [0.25, 0.3) is 0 Å². The first-order valence-electron chi connectivity index (χ1n) is 6.64. The number of hydrogen-bond acceptors (Lipinski definition) is 4. The number of nitrogens with two attached hydrogens (primary N) is 1. The van der Waals surface area contributed by atoms with Crippen molar-refractivity contribution >= 4 is 11.4 Å². The predicted octanol–water partition coefficient (Wildman–Crippen LogP) is 1.66. The summed E-state index contributed by atoms with van der Waals surface area (Å²) in [6, 6.07) is 6.15. The van der Waals surface area contributed by atoms with Crippen molar-refractivity contribution in [3.63, 3.8) is 0 Å². The largest absolute Gasteiger partial charge is 0.398 e. The summed E-state index contributed by atoms with van der Waals surface area (Å²) in [6.07, 6.45) is 2.20. The molecule has 0 atom stereocenters. The Kier molecular flexibility index (Phi) is 2.89. The van der Waals surface area contributed by atoms with Crippen molar-refractivity contribution in [2.24, 2.45) is 7.05 Å². The van der Waals surface area contributed by atoms with Crippen LogP contribution in [0.25, 0.3) is 0 Å². The van der Waals surface area contributed by atoms with Crippen LogP contribution in [0.15, 0.2) is 18.2 Å². The molecule has 3 rings (SSSR count). The van der Waals surface area contributed by atoms with E-state index < -0.39 is 0 Å². The van der Waals surface area contributed by atoms with Gasteiger partial charge in [-0.15, -0.1) is 10.2 Å². The van der Waals surface area contributed by atoms with Crippen LogP contribution < -0.4 is 10.6 Å². The molecule has 0 fully saturated rings. The SMILES string of the molecule is Cc1nnc(CN2CCCc3c(N)cccc32)n1C. The van der Waals surface area contributed by atoms with Crippen molar-refractivity contribution in [3.8, 4) is 0 Å². The van der Waals surface area contributed by atoms with E-state index in [1.807, 2.05) is 30.7 Å². The van der Waals surface area contributed by atoms with E-state index in [0.29, 0.717) is 0 Å². The lowest BCUT2D eigenvalue weighted by Gasteiger charge is -2.31. The van der Waals surface area contributed by atoms with Crippen molar-refractivity contribution in [2.45, 2.75) is 26.3 Å². The highest BCUT2D eigenvalue weighted by atomic mass is 15.3. The van der Waals surface area contributed by atoms with Gasteiger partial charge in [0.05, 0.1) is 6.54 Å². The molecule has 1 aromatic carbocycles. The zero-order valence-electron chi connectivity index (χ0n) is 11.4. The number of anilines is 2. The molecular weight excluding hydrogens is 238 g/mol.